The molecule has 4 heteroatoms. The van der Waals surface area contributed by atoms with E-state index in [1.165, 1.54) is 12.4 Å². The summed E-state index contributed by atoms with van der Waals surface area (Å²) in [6.45, 7) is 5.40. The van der Waals surface area contributed by atoms with E-state index in [-0.39, 0.29) is 5.82 Å². The van der Waals surface area contributed by atoms with Gasteiger partial charge in [-0.25, -0.2) is 14.8 Å². The molecule has 0 aliphatic heterocycles. The molecule has 0 amide bonds. The highest BCUT2D eigenvalue weighted by Crippen LogP contribution is 2.08. The number of carbonyl (C=O) groups is 1. The molecule has 0 saturated heterocycles. The summed E-state index contributed by atoms with van der Waals surface area (Å²) in [7, 11) is 0. The van der Waals surface area contributed by atoms with Crippen molar-refractivity contribution in [1.82, 2.24) is 9.97 Å². The maximum absolute atomic E-state index is 11.3. The number of hydrogen-bond acceptors (Lipinski definition) is 4. The van der Waals surface area contributed by atoms with Crippen LogP contribution in [0, 0.1) is 0 Å². The van der Waals surface area contributed by atoms with Crippen LogP contribution in [0.4, 0.5) is 0 Å². The van der Waals surface area contributed by atoms with Gasteiger partial charge in [0.2, 0.25) is 5.82 Å². The van der Waals surface area contributed by atoms with Crippen molar-refractivity contribution in [2.75, 3.05) is 0 Å². The predicted octanol–water partition coefficient (Wildman–Crippen LogP) is 1.43. The Bertz CT molecular complexity index is 290. The van der Waals surface area contributed by atoms with E-state index in [2.05, 4.69) is 9.97 Å². The summed E-state index contributed by atoms with van der Waals surface area (Å²) >= 11 is 0. The number of rotatable bonds is 1. The summed E-state index contributed by atoms with van der Waals surface area (Å²) in [6.07, 6.45) is 3.01. The van der Waals surface area contributed by atoms with Gasteiger partial charge < -0.3 is 4.74 Å². The lowest BCUT2D eigenvalue weighted by Gasteiger charge is -2.18. The molecule has 0 spiro atoms. The minimum absolute atomic E-state index is 0.0948. The fraction of sp³-hybridized carbons (Fsp3) is 0.444. The second kappa shape index (κ2) is 3.51. The molecular formula is C9H12N2O2. The standard InChI is InChI=1S/C9H12N2O2/c1-9(2,3)13-8(12)7-10-5-4-6-11-7/h4-6H,1-3H3. The molecule has 0 saturated carbocycles. The molecule has 1 aromatic heterocycles. The summed E-state index contributed by atoms with van der Waals surface area (Å²) in [6, 6.07) is 1.65. The lowest BCUT2D eigenvalue weighted by Crippen LogP contribution is -2.25. The van der Waals surface area contributed by atoms with Gasteiger partial charge in [-0.15, -0.1) is 0 Å². The van der Waals surface area contributed by atoms with Gasteiger partial charge in [0.1, 0.15) is 5.60 Å². The van der Waals surface area contributed by atoms with E-state index >= 15 is 0 Å². The lowest BCUT2D eigenvalue weighted by molar-refractivity contribution is 0.00555. The molecule has 0 aromatic carbocycles. The van der Waals surface area contributed by atoms with Gasteiger partial charge in [-0.3, -0.25) is 0 Å². The third-order valence-corrected chi connectivity index (χ3v) is 1.15. The first-order chi connectivity index (χ1) is 5.99. The van der Waals surface area contributed by atoms with Gasteiger partial charge in [0, 0.05) is 12.4 Å². The van der Waals surface area contributed by atoms with Gasteiger partial charge in [0.25, 0.3) is 0 Å². The molecule has 0 fully saturated rings. The monoisotopic (exact) mass is 180 g/mol. The smallest absolute Gasteiger partial charge is 0.376 e. The third-order valence-electron chi connectivity index (χ3n) is 1.15. The van der Waals surface area contributed by atoms with Crippen LogP contribution in [0.3, 0.4) is 0 Å². The first-order valence-corrected chi connectivity index (χ1v) is 3.99. The van der Waals surface area contributed by atoms with Crippen molar-refractivity contribution in [3.05, 3.63) is 24.3 Å². The summed E-state index contributed by atoms with van der Waals surface area (Å²) in [5.74, 6) is -0.398. The quantitative estimate of drug-likeness (QED) is 0.613. The minimum Gasteiger partial charge on any atom is -0.454 e. The second-order valence-electron chi connectivity index (χ2n) is 3.57. The molecule has 70 valence electrons. The van der Waals surface area contributed by atoms with Crippen molar-refractivity contribution in [2.45, 2.75) is 26.4 Å². The Labute approximate surface area is 77.0 Å². The molecule has 0 aliphatic carbocycles. The predicted molar refractivity (Wildman–Crippen MR) is 47.2 cm³/mol. The minimum atomic E-state index is -0.504. The Morgan fingerprint density at radius 1 is 1.31 bits per heavy atom. The number of nitrogens with zero attached hydrogens (tertiary/aromatic N) is 2. The van der Waals surface area contributed by atoms with Gasteiger partial charge in [-0.1, -0.05) is 0 Å². The second-order valence-corrected chi connectivity index (χ2v) is 3.57. The molecule has 0 radical (unpaired) electrons. The van der Waals surface area contributed by atoms with E-state index in [1.54, 1.807) is 26.8 Å². The molecule has 0 unspecified atom stereocenters. The zero-order valence-electron chi connectivity index (χ0n) is 7.94. The van der Waals surface area contributed by atoms with Crippen molar-refractivity contribution in [3.8, 4) is 0 Å². The van der Waals surface area contributed by atoms with Crippen molar-refractivity contribution in [2.24, 2.45) is 0 Å². The van der Waals surface area contributed by atoms with Crippen LogP contribution in [-0.4, -0.2) is 21.5 Å². The Morgan fingerprint density at radius 3 is 2.31 bits per heavy atom. The molecular weight excluding hydrogens is 168 g/mol. The Morgan fingerprint density at radius 2 is 1.85 bits per heavy atom. The summed E-state index contributed by atoms with van der Waals surface area (Å²) in [5, 5.41) is 0. The van der Waals surface area contributed by atoms with Crippen LogP contribution >= 0.6 is 0 Å². The molecule has 4 nitrogen and oxygen atoms in total. The zero-order chi connectivity index (χ0) is 9.90. The molecule has 1 heterocycles. The van der Waals surface area contributed by atoms with Crippen LogP contribution in [0.25, 0.3) is 0 Å². The topological polar surface area (TPSA) is 52.1 Å². The molecule has 0 atom stereocenters. The first kappa shape index (κ1) is 9.64. The average molecular weight is 180 g/mol. The van der Waals surface area contributed by atoms with Gasteiger partial charge >= 0.3 is 5.97 Å². The number of ether oxygens (including phenoxy) is 1. The Hall–Kier alpha value is -1.45. The number of esters is 1. The zero-order valence-corrected chi connectivity index (χ0v) is 7.94. The van der Waals surface area contributed by atoms with Gasteiger partial charge in [-0.2, -0.15) is 0 Å². The summed E-state index contributed by atoms with van der Waals surface area (Å²) < 4.78 is 5.06. The normalized spacial score (nSPS) is 11.0. The van der Waals surface area contributed by atoms with E-state index in [0.29, 0.717) is 0 Å². The van der Waals surface area contributed by atoms with Crippen LogP contribution in [0.1, 0.15) is 31.4 Å². The number of carbonyl (C=O) groups excluding carboxylic acids is 1. The van der Waals surface area contributed by atoms with Crippen molar-refractivity contribution >= 4 is 5.97 Å². The van der Waals surface area contributed by atoms with E-state index in [1.807, 2.05) is 0 Å². The molecule has 13 heavy (non-hydrogen) atoms. The van der Waals surface area contributed by atoms with Crippen molar-refractivity contribution in [1.29, 1.82) is 0 Å². The van der Waals surface area contributed by atoms with Crippen LogP contribution < -0.4 is 0 Å². The number of hydrogen-bond donors (Lipinski definition) is 0. The fourth-order valence-electron chi connectivity index (χ4n) is 0.728. The van der Waals surface area contributed by atoms with E-state index in [9.17, 15) is 4.79 Å². The maximum Gasteiger partial charge on any atom is 0.376 e. The highest BCUT2D eigenvalue weighted by molar-refractivity contribution is 5.85. The largest absolute Gasteiger partial charge is 0.454 e. The van der Waals surface area contributed by atoms with Crippen LogP contribution in [0.5, 0.6) is 0 Å². The Kier molecular flexibility index (Phi) is 2.60. The van der Waals surface area contributed by atoms with Crippen LogP contribution in [-0.2, 0) is 4.74 Å². The van der Waals surface area contributed by atoms with E-state index in [0.717, 1.165) is 0 Å². The van der Waals surface area contributed by atoms with Crippen LogP contribution in [0.15, 0.2) is 18.5 Å². The van der Waals surface area contributed by atoms with Crippen molar-refractivity contribution in [3.63, 3.8) is 0 Å². The van der Waals surface area contributed by atoms with Crippen LogP contribution in [0.2, 0.25) is 0 Å². The van der Waals surface area contributed by atoms with Gasteiger partial charge in [0.05, 0.1) is 0 Å². The Balaban J connectivity index is 2.71. The van der Waals surface area contributed by atoms with Crippen molar-refractivity contribution < 1.29 is 9.53 Å². The highest BCUT2D eigenvalue weighted by Gasteiger charge is 2.19. The van der Waals surface area contributed by atoms with Gasteiger partial charge in [0.15, 0.2) is 0 Å². The highest BCUT2D eigenvalue weighted by atomic mass is 16.6. The third kappa shape index (κ3) is 3.19. The maximum atomic E-state index is 11.3. The summed E-state index contributed by atoms with van der Waals surface area (Å²) in [5.41, 5.74) is -0.504. The molecule has 0 N–H and O–H groups in total. The average Bonchev–Trinajstić information content (AvgIpc) is 2.03. The van der Waals surface area contributed by atoms with E-state index in [4.69, 9.17) is 4.74 Å². The first-order valence-electron chi connectivity index (χ1n) is 3.99. The molecule has 1 rings (SSSR count). The molecule has 0 aliphatic rings. The summed E-state index contributed by atoms with van der Waals surface area (Å²) in [4.78, 5) is 18.9. The fourth-order valence-corrected chi connectivity index (χ4v) is 0.728. The molecule has 0 bridgehead atoms. The lowest BCUT2D eigenvalue weighted by atomic mass is 10.2. The molecule has 1 aromatic rings. The van der Waals surface area contributed by atoms with E-state index < -0.39 is 11.6 Å². The van der Waals surface area contributed by atoms with Gasteiger partial charge in [-0.05, 0) is 26.8 Å². The number of aromatic nitrogens is 2. The SMILES string of the molecule is CC(C)(C)OC(=O)c1ncccn1.